The van der Waals surface area contributed by atoms with E-state index in [0.717, 1.165) is 60.7 Å². The molecular weight excluding hydrogens is 418 g/mol. The Morgan fingerprint density at radius 2 is 1.70 bits per heavy atom. The van der Waals surface area contributed by atoms with Gasteiger partial charge in [-0.3, -0.25) is 15.1 Å². The number of hydrogen-bond donors (Lipinski definition) is 2. The van der Waals surface area contributed by atoms with Crippen molar-refractivity contribution < 1.29 is 19.1 Å². The Morgan fingerprint density at radius 3 is 2.42 bits per heavy atom. The molecule has 4 bridgehead atoms. The van der Waals surface area contributed by atoms with Gasteiger partial charge in [0.1, 0.15) is 0 Å². The predicted molar refractivity (Wildman–Crippen MR) is 122 cm³/mol. The van der Waals surface area contributed by atoms with E-state index in [4.69, 9.17) is 4.74 Å². The molecule has 0 saturated heterocycles. The van der Waals surface area contributed by atoms with Gasteiger partial charge < -0.3 is 10.1 Å². The molecule has 33 heavy (non-hydrogen) atoms. The van der Waals surface area contributed by atoms with Crippen LogP contribution in [-0.2, 0) is 22.4 Å². The number of amides is 3. The number of para-hydroxylation sites is 1. The van der Waals surface area contributed by atoms with Gasteiger partial charge in [-0.25, -0.2) is 9.59 Å². The van der Waals surface area contributed by atoms with Gasteiger partial charge in [-0.05, 0) is 87.2 Å². The Hall–Kier alpha value is -2.96. The smallest absolute Gasteiger partial charge is 0.339 e. The minimum Gasteiger partial charge on any atom is -0.452 e. The first-order chi connectivity index (χ1) is 16.0. The fraction of sp³-hybridized carbons (Fsp3) is 0.538. The Morgan fingerprint density at radius 1 is 1.00 bits per heavy atom. The van der Waals surface area contributed by atoms with Crippen LogP contribution in [0, 0.1) is 17.8 Å². The lowest BCUT2D eigenvalue weighted by Gasteiger charge is -2.56. The summed E-state index contributed by atoms with van der Waals surface area (Å²) in [5.74, 6) is 0.948. The number of carbonyl (C=O) groups is 3. The number of nitrogens with zero attached hydrogens (tertiary/aromatic N) is 1. The summed E-state index contributed by atoms with van der Waals surface area (Å²) in [6, 6.07) is 7.02. The minimum atomic E-state index is -0.611. The van der Waals surface area contributed by atoms with Crippen molar-refractivity contribution >= 4 is 28.8 Å². The topological polar surface area (TPSA) is 97.4 Å². The summed E-state index contributed by atoms with van der Waals surface area (Å²) in [6.45, 7) is -0.488. The van der Waals surface area contributed by atoms with Gasteiger partial charge in [0.25, 0.3) is 5.91 Å². The number of carbonyl (C=O) groups excluding carboxylic acids is 3. The van der Waals surface area contributed by atoms with Crippen molar-refractivity contribution in [3.63, 3.8) is 0 Å². The lowest BCUT2D eigenvalue weighted by atomic mass is 9.53. The monoisotopic (exact) mass is 447 g/mol. The molecule has 7 rings (SSSR count). The van der Waals surface area contributed by atoms with E-state index in [1.165, 1.54) is 19.3 Å². The molecule has 0 spiro atoms. The van der Waals surface area contributed by atoms with Gasteiger partial charge in [-0.1, -0.05) is 18.2 Å². The Bertz CT molecular complexity index is 1120. The summed E-state index contributed by atoms with van der Waals surface area (Å²) in [4.78, 5) is 42.7. The van der Waals surface area contributed by atoms with Crippen LogP contribution in [0.4, 0.5) is 4.79 Å². The van der Waals surface area contributed by atoms with Gasteiger partial charge in [0, 0.05) is 16.6 Å². The van der Waals surface area contributed by atoms with E-state index in [1.54, 1.807) is 0 Å². The van der Waals surface area contributed by atoms with Crippen LogP contribution in [0.1, 0.15) is 66.6 Å². The van der Waals surface area contributed by atoms with Gasteiger partial charge in [0.2, 0.25) is 0 Å². The van der Waals surface area contributed by atoms with Gasteiger partial charge in [-0.2, -0.15) is 0 Å². The first-order valence-corrected chi connectivity index (χ1v) is 12.2. The molecule has 7 heteroatoms. The molecule has 0 radical (unpaired) electrons. The maximum absolute atomic E-state index is 13.0. The number of rotatable bonds is 4. The molecule has 3 amide bonds. The molecule has 5 aliphatic rings. The number of ether oxygens (including phenoxy) is 1. The molecule has 0 atom stereocenters. The Balaban J connectivity index is 1.09. The molecule has 7 nitrogen and oxygen atoms in total. The summed E-state index contributed by atoms with van der Waals surface area (Å²) < 4.78 is 5.36. The van der Waals surface area contributed by atoms with Crippen LogP contribution < -0.4 is 10.6 Å². The maximum Gasteiger partial charge on any atom is 0.339 e. The molecule has 1 aromatic carbocycles. The predicted octanol–water partition coefficient (Wildman–Crippen LogP) is 3.67. The molecular formula is C26H29N3O4. The number of aryl methyl sites for hydroxylation is 1. The van der Waals surface area contributed by atoms with Crippen LogP contribution in [0.5, 0.6) is 0 Å². The average molecular weight is 448 g/mol. The van der Waals surface area contributed by atoms with Crippen molar-refractivity contribution in [2.24, 2.45) is 17.8 Å². The van der Waals surface area contributed by atoms with Gasteiger partial charge in [0.05, 0.1) is 11.1 Å². The van der Waals surface area contributed by atoms with Gasteiger partial charge in [-0.15, -0.1) is 0 Å². The van der Waals surface area contributed by atoms with Crippen molar-refractivity contribution in [2.75, 3.05) is 6.61 Å². The number of urea groups is 1. The number of fused-ring (bicyclic) bond motifs is 2. The fourth-order valence-electron chi connectivity index (χ4n) is 7.35. The van der Waals surface area contributed by atoms with E-state index < -0.39 is 24.5 Å². The number of nitrogens with one attached hydrogen (secondary N) is 2. The molecule has 1 heterocycles. The molecule has 2 aromatic rings. The molecule has 0 aliphatic heterocycles. The summed E-state index contributed by atoms with van der Waals surface area (Å²) in [6.07, 6.45) is 9.44. The second kappa shape index (κ2) is 7.82. The maximum atomic E-state index is 13.0. The summed E-state index contributed by atoms with van der Waals surface area (Å²) >= 11 is 0. The third kappa shape index (κ3) is 3.77. The van der Waals surface area contributed by atoms with E-state index in [9.17, 15) is 14.4 Å². The third-order valence-corrected chi connectivity index (χ3v) is 8.13. The van der Waals surface area contributed by atoms with E-state index in [0.29, 0.717) is 23.3 Å². The standard InChI is InChI=1S/C26H29N3O4/c30-22(28-25(32)29-26-11-15-8-16(12-26)10-17(9-15)13-26)14-33-24(31)23-18-4-1-2-6-20(18)27-21-7-3-5-19(21)23/h1-2,4,6,15-17H,3,5,7-14H2,(H2,28,29,30,32). The number of aromatic nitrogens is 1. The highest BCUT2D eigenvalue weighted by Crippen LogP contribution is 2.55. The van der Waals surface area contributed by atoms with Crippen molar-refractivity contribution in [2.45, 2.75) is 63.3 Å². The summed E-state index contributed by atoms with van der Waals surface area (Å²) in [5, 5.41) is 6.22. The molecule has 2 N–H and O–H groups in total. The van der Waals surface area contributed by atoms with Crippen LogP contribution in [0.2, 0.25) is 0 Å². The number of pyridine rings is 1. The van der Waals surface area contributed by atoms with Crippen LogP contribution in [0.15, 0.2) is 24.3 Å². The zero-order valence-electron chi connectivity index (χ0n) is 18.7. The SMILES string of the molecule is O=C(COC(=O)c1c2c(nc3ccccc13)CCC2)NC(=O)NC12CC3CC(CC(C3)C1)C2. The zero-order valence-corrected chi connectivity index (χ0v) is 18.7. The normalized spacial score (nSPS) is 29.0. The van der Waals surface area contributed by atoms with Gasteiger partial charge in [0.15, 0.2) is 6.61 Å². The molecule has 4 fully saturated rings. The number of imide groups is 1. The number of hydrogen-bond acceptors (Lipinski definition) is 5. The number of esters is 1. The van der Waals surface area contributed by atoms with Crippen molar-refractivity contribution in [3.05, 3.63) is 41.1 Å². The lowest BCUT2D eigenvalue weighted by molar-refractivity contribution is -0.123. The molecule has 1 aromatic heterocycles. The first-order valence-electron chi connectivity index (χ1n) is 12.2. The lowest BCUT2D eigenvalue weighted by Crippen LogP contribution is -2.62. The van der Waals surface area contributed by atoms with Crippen LogP contribution in [0.3, 0.4) is 0 Å². The first kappa shape index (κ1) is 20.6. The molecule has 172 valence electrons. The minimum absolute atomic E-state index is 0.174. The highest BCUT2D eigenvalue weighted by atomic mass is 16.5. The van der Waals surface area contributed by atoms with E-state index in [1.807, 2.05) is 24.3 Å². The van der Waals surface area contributed by atoms with E-state index in [2.05, 4.69) is 15.6 Å². The van der Waals surface area contributed by atoms with E-state index in [-0.39, 0.29) is 5.54 Å². The quantitative estimate of drug-likeness (QED) is 0.697. The van der Waals surface area contributed by atoms with Gasteiger partial charge >= 0.3 is 12.0 Å². The van der Waals surface area contributed by atoms with Crippen molar-refractivity contribution in [3.8, 4) is 0 Å². The molecule has 4 saturated carbocycles. The average Bonchev–Trinajstić information content (AvgIpc) is 3.22. The fourth-order valence-corrected chi connectivity index (χ4v) is 7.35. The number of benzene rings is 1. The zero-order chi connectivity index (χ0) is 22.6. The second-order valence-electron chi connectivity index (χ2n) is 10.6. The highest BCUT2D eigenvalue weighted by Gasteiger charge is 2.51. The van der Waals surface area contributed by atoms with Crippen LogP contribution in [-0.4, -0.2) is 35.0 Å². The Kier molecular flexibility index (Phi) is 4.89. The highest BCUT2D eigenvalue weighted by molar-refractivity contribution is 6.06. The third-order valence-electron chi connectivity index (χ3n) is 8.13. The molecule has 5 aliphatic carbocycles. The van der Waals surface area contributed by atoms with Crippen molar-refractivity contribution in [1.82, 2.24) is 15.6 Å². The van der Waals surface area contributed by atoms with E-state index >= 15 is 0 Å². The summed E-state index contributed by atoms with van der Waals surface area (Å²) in [5.41, 5.74) is 2.92. The largest absolute Gasteiger partial charge is 0.452 e. The van der Waals surface area contributed by atoms with Crippen molar-refractivity contribution in [1.29, 1.82) is 0 Å². The Labute approximate surface area is 192 Å². The summed E-state index contributed by atoms with van der Waals surface area (Å²) in [7, 11) is 0. The van der Waals surface area contributed by atoms with Crippen LogP contribution >= 0.6 is 0 Å². The molecule has 0 unspecified atom stereocenters. The second-order valence-corrected chi connectivity index (χ2v) is 10.6. The van der Waals surface area contributed by atoms with Crippen LogP contribution in [0.25, 0.3) is 10.9 Å².